The van der Waals surface area contributed by atoms with E-state index >= 15 is 0 Å². The third kappa shape index (κ3) is 11.9. The molecule has 0 aliphatic heterocycles. The number of aromatic nitrogens is 2. The van der Waals surface area contributed by atoms with Crippen molar-refractivity contribution in [1.82, 2.24) is 9.97 Å². The highest BCUT2D eigenvalue weighted by Gasteiger charge is 2.31. The van der Waals surface area contributed by atoms with Gasteiger partial charge >= 0.3 is 6.18 Å². The van der Waals surface area contributed by atoms with E-state index in [-0.39, 0.29) is 0 Å². The Morgan fingerprint density at radius 3 is 1.56 bits per heavy atom. The van der Waals surface area contributed by atoms with Crippen molar-refractivity contribution in [3.8, 4) is 5.75 Å². The van der Waals surface area contributed by atoms with E-state index in [4.69, 9.17) is 16.3 Å². The van der Waals surface area contributed by atoms with Gasteiger partial charge in [-0.3, -0.25) is 4.98 Å². The van der Waals surface area contributed by atoms with Crippen molar-refractivity contribution in [3.05, 3.63) is 124 Å². The molecule has 0 N–H and O–H groups in total. The van der Waals surface area contributed by atoms with E-state index in [0.29, 0.717) is 18.2 Å². The topological polar surface area (TPSA) is 35.0 Å². The van der Waals surface area contributed by atoms with Gasteiger partial charge in [-0.2, -0.15) is 13.2 Å². The summed E-state index contributed by atoms with van der Waals surface area (Å²) in [5, 5.41) is 0.560. The summed E-state index contributed by atoms with van der Waals surface area (Å²) in [5.41, 5.74) is 5.12. The van der Waals surface area contributed by atoms with Gasteiger partial charge in [0.05, 0.1) is 6.61 Å². The van der Waals surface area contributed by atoms with Gasteiger partial charge in [0.25, 0.3) is 0 Å². The van der Waals surface area contributed by atoms with Gasteiger partial charge in [-0.05, 0) is 97.5 Å². The van der Waals surface area contributed by atoms with Crippen LogP contribution in [0.4, 0.5) is 13.2 Å². The number of nitrogens with zero attached hydrogens (tertiary/aromatic N) is 2. The molecule has 4 aromatic rings. The van der Waals surface area contributed by atoms with Crippen molar-refractivity contribution in [2.75, 3.05) is 6.61 Å². The van der Waals surface area contributed by atoms with Crippen LogP contribution in [0.1, 0.15) is 66.6 Å². The number of unbranched alkanes of at least 4 members (excludes halogenated alkanes) is 2. The number of alkyl halides is 3. The Bertz CT molecular complexity index is 1270. The molecule has 2 heterocycles. The minimum Gasteiger partial charge on any atom is -0.494 e. The minimum atomic E-state index is -4.38. The van der Waals surface area contributed by atoms with Gasteiger partial charge in [0, 0.05) is 12.4 Å². The zero-order valence-electron chi connectivity index (χ0n) is 23.8. The molecule has 4 rings (SSSR count). The molecule has 41 heavy (non-hydrogen) atoms. The fraction of sp³-hybridized carbons (Fsp3) is 0.353. The van der Waals surface area contributed by atoms with Crippen LogP contribution >= 0.6 is 11.6 Å². The summed E-state index contributed by atoms with van der Waals surface area (Å²) in [5.74, 6) is 0.817. The fourth-order valence-corrected chi connectivity index (χ4v) is 4.35. The Hall–Kier alpha value is -3.38. The summed E-state index contributed by atoms with van der Waals surface area (Å²) in [7, 11) is 0. The van der Waals surface area contributed by atoms with Gasteiger partial charge in [0.15, 0.2) is 0 Å². The molecule has 0 atom stereocenters. The number of rotatable bonds is 12. The van der Waals surface area contributed by atoms with E-state index in [1.165, 1.54) is 54.6 Å². The second-order valence-electron chi connectivity index (χ2n) is 9.89. The lowest BCUT2D eigenvalue weighted by Crippen LogP contribution is -2.07. The lowest BCUT2D eigenvalue weighted by Gasteiger charge is -2.07. The molecule has 0 fully saturated rings. The number of pyridine rings is 2. The number of benzene rings is 2. The van der Waals surface area contributed by atoms with E-state index in [1.54, 1.807) is 0 Å². The highest BCUT2D eigenvalue weighted by molar-refractivity contribution is 6.29. The number of ether oxygens (including phenoxy) is 1. The number of hydrogen-bond acceptors (Lipinski definition) is 3. The van der Waals surface area contributed by atoms with Crippen LogP contribution in [0.15, 0.2) is 85.2 Å². The van der Waals surface area contributed by atoms with E-state index in [2.05, 4.69) is 47.2 Å². The van der Waals surface area contributed by atoms with Gasteiger partial charge in [0.1, 0.15) is 16.6 Å². The van der Waals surface area contributed by atoms with E-state index in [9.17, 15) is 13.2 Å². The zero-order valence-corrected chi connectivity index (χ0v) is 24.5. The standard InChI is InChI=1S/C18H22ClN.C16H16F3NO/c1-2-3-4-5-15-6-8-16(9-7-15)10-11-17-12-13-18(19)20-14-17;1-2-21-14-8-5-12(6-9-14)3-4-13-7-10-15(20-11-13)16(17,18)19/h6-9,12-14H,2-5,10-11H2,1H3;5-11H,2-4H2,1H3. The Morgan fingerprint density at radius 1 is 0.610 bits per heavy atom. The second kappa shape index (κ2) is 16.8. The van der Waals surface area contributed by atoms with Crippen LogP contribution in [0.3, 0.4) is 0 Å². The van der Waals surface area contributed by atoms with Crippen molar-refractivity contribution in [3.63, 3.8) is 0 Å². The molecule has 0 aliphatic rings. The largest absolute Gasteiger partial charge is 0.494 e. The molecule has 0 unspecified atom stereocenters. The quantitative estimate of drug-likeness (QED) is 0.123. The summed E-state index contributed by atoms with van der Waals surface area (Å²) in [6.45, 7) is 4.79. The normalized spacial score (nSPS) is 11.1. The predicted octanol–water partition coefficient (Wildman–Crippen LogP) is 9.54. The highest BCUT2D eigenvalue weighted by atomic mass is 35.5. The molecular weight excluding hydrogens is 545 g/mol. The lowest BCUT2D eigenvalue weighted by molar-refractivity contribution is -0.141. The maximum atomic E-state index is 12.4. The van der Waals surface area contributed by atoms with Gasteiger partial charge in [-0.15, -0.1) is 0 Å². The zero-order chi connectivity index (χ0) is 29.5. The smallest absolute Gasteiger partial charge is 0.433 e. The van der Waals surface area contributed by atoms with Crippen LogP contribution in [-0.4, -0.2) is 16.6 Å². The van der Waals surface area contributed by atoms with Gasteiger partial charge in [-0.1, -0.05) is 79.9 Å². The summed E-state index contributed by atoms with van der Waals surface area (Å²) >= 11 is 5.79. The number of halogens is 4. The van der Waals surface area contributed by atoms with Crippen molar-refractivity contribution < 1.29 is 17.9 Å². The molecule has 0 saturated carbocycles. The van der Waals surface area contributed by atoms with E-state index < -0.39 is 11.9 Å². The molecule has 7 heteroatoms. The molecule has 0 amide bonds. The molecule has 0 spiro atoms. The number of aryl methyl sites for hydroxylation is 5. The Kier molecular flexibility index (Phi) is 13.2. The second-order valence-corrected chi connectivity index (χ2v) is 10.3. The van der Waals surface area contributed by atoms with Crippen LogP contribution in [-0.2, 0) is 38.3 Å². The Labute approximate surface area is 246 Å². The van der Waals surface area contributed by atoms with Crippen LogP contribution in [0.5, 0.6) is 5.75 Å². The third-order valence-corrected chi connectivity index (χ3v) is 6.86. The SMILES string of the molecule is CCCCCc1ccc(CCc2ccc(Cl)nc2)cc1.CCOc1ccc(CCc2ccc(C(F)(F)F)nc2)cc1. The van der Waals surface area contributed by atoms with Gasteiger partial charge in [0.2, 0.25) is 0 Å². The third-order valence-electron chi connectivity index (χ3n) is 6.63. The van der Waals surface area contributed by atoms with Gasteiger partial charge in [-0.25, -0.2) is 4.98 Å². The lowest BCUT2D eigenvalue weighted by atomic mass is 10.0. The Balaban J connectivity index is 0.000000226. The van der Waals surface area contributed by atoms with Crippen molar-refractivity contribution in [2.45, 2.75) is 71.4 Å². The average molecular weight is 583 g/mol. The van der Waals surface area contributed by atoms with E-state index in [0.717, 1.165) is 42.2 Å². The van der Waals surface area contributed by atoms with Crippen molar-refractivity contribution >= 4 is 11.6 Å². The maximum absolute atomic E-state index is 12.4. The first-order valence-corrected chi connectivity index (χ1v) is 14.6. The van der Waals surface area contributed by atoms with Crippen molar-refractivity contribution in [2.24, 2.45) is 0 Å². The van der Waals surface area contributed by atoms with Gasteiger partial charge < -0.3 is 4.74 Å². The first kappa shape index (κ1) is 32.1. The molecular formula is C34H38ClF3N2O. The van der Waals surface area contributed by atoms with Crippen LogP contribution in [0.25, 0.3) is 0 Å². The molecule has 2 aromatic heterocycles. The molecule has 0 radical (unpaired) electrons. The minimum absolute atomic E-state index is 0.560. The first-order valence-electron chi connectivity index (χ1n) is 14.2. The maximum Gasteiger partial charge on any atom is 0.433 e. The Morgan fingerprint density at radius 2 is 1.10 bits per heavy atom. The van der Waals surface area contributed by atoms with Crippen molar-refractivity contribution in [1.29, 1.82) is 0 Å². The summed E-state index contributed by atoms with van der Waals surface area (Å²) in [4.78, 5) is 7.57. The van der Waals surface area contributed by atoms with Crippen LogP contribution in [0.2, 0.25) is 5.15 Å². The van der Waals surface area contributed by atoms with Crippen LogP contribution in [0, 0.1) is 0 Å². The van der Waals surface area contributed by atoms with E-state index in [1.807, 2.05) is 43.5 Å². The summed E-state index contributed by atoms with van der Waals surface area (Å²) < 4.78 is 42.5. The highest BCUT2D eigenvalue weighted by Crippen LogP contribution is 2.27. The number of hydrogen-bond donors (Lipinski definition) is 0. The molecule has 3 nitrogen and oxygen atoms in total. The predicted molar refractivity (Wildman–Crippen MR) is 161 cm³/mol. The van der Waals surface area contributed by atoms with Crippen LogP contribution < -0.4 is 4.74 Å². The molecule has 0 aliphatic carbocycles. The molecule has 218 valence electrons. The first-order chi connectivity index (χ1) is 19.8. The monoisotopic (exact) mass is 582 g/mol. The summed E-state index contributed by atoms with van der Waals surface area (Å²) in [6.07, 6.45) is 7.35. The molecule has 0 saturated heterocycles. The fourth-order valence-electron chi connectivity index (χ4n) is 4.24. The summed E-state index contributed by atoms with van der Waals surface area (Å²) in [6, 6.07) is 23.2. The molecule has 2 aromatic carbocycles. The molecule has 0 bridgehead atoms. The average Bonchev–Trinajstić information content (AvgIpc) is 2.98.